The van der Waals surface area contributed by atoms with Crippen LogP contribution >= 0.6 is 0 Å². The molecule has 0 aromatic carbocycles. The van der Waals surface area contributed by atoms with Crippen LogP contribution in [0.1, 0.15) is 26.7 Å². The Morgan fingerprint density at radius 1 is 0.739 bits per heavy atom. The normalized spacial score (nSPS) is 11.9. The zero-order valence-corrected chi connectivity index (χ0v) is 14.5. The summed E-state index contributed by atoms with van der Waals surface area (Å²) in [7, 11) is -8.90. The van der Waals surface area contributed by atoms with Crippen molar-refractivity contribution in [3.05, 3.63) is 0 Å². The van der Waals surface area contributed by atoms with E-state index < -0.39 is 50.5 Å². The third-order valence-electron chi connectivity index (χ3n) is 2.04. The minimum Gasteiger partial charge on any atom is -0.466 e. The number of esters is 2. The number of rotatable bonds is 12. The molecule has 0 heterocycles. The van der Waals surface area contributed by atoms with Gasteiger partial charge < -0.3 is 9.47 Å². The predicted molar refractivity (Wildman–Crippen MR) is 77.1 cm³/mol. The minimum atomic E-state index is -4.45. The Kier molecular flexibility index (Phi) is 9.95. The van der Waals surface area contributed by atoms with Gasteiger partial charge in [-0.15, -0.1) is 0 Å². The first kappa shape index (κ1) is 21.8. The molecule has 10 nitrogen and oxygen atoms in total. The lowest BCUT2D eigenvalue weighted by atomic mass is 10.5. The van der Waals surface area contributed by atoms with Gasteiger partial charge >= 0.3 is 11.9 Å². The van der Waals surface area contributed by atoms with Crippen molar-refractivity contribution in [3.63, 3.8) is 0 Å². The van der Waals surface area contributed by atoms with E-state index in [-0.39, 0.29) is 26.1 Å². The number of carbonyl (C=O) groups excluding carboxylic acids is 2. The van der Waals surface area contributed by atoms with Crippen molar-refractivity contribution in [2.75, 3.05) is 31.5 Å². The minimum absolute atomic E-state index is 0.133. The van der Waals surface area contributed by atoms with E-state index in [0.29, 0.717) is 0 Å². The molecular weight excluding hydrogens is 356 g/mol. The zero-order chi connectivity index (χ0) is 17.9. The lowest BCUT2D eigenvalue weighted by molar-refractivity contribution is -0.144. The molecule has 0 saturated heterocycles. The van der Waals surface area contributed by atoms with Crippen molar-refractivity contribution in [3.8, 4) is 0 Å². The molecule has 0 bridgehead atoms. The van der Waals surface area contributed by atoms with Crippen molar-refractivity contribution in [2.45, 2.75) is 26.7 Å². The van der Waals surface area contributed by atoms with E-state index in [2.05, 4.69) is 17.8 Å². The highest BCUT2D eigenvalue weighted by Crippen LogP contribution is 2.05. The molecule has 0 amide bonds. The molecule has 0 unspecified atom stereocenters. The molecular formula is C11H20O10S2. The molecule has 136 valence electrons. The van der Waals surface area contributed by atoms with Crippen LogP contribution in [0.2, 0.25) is 0 Å². The number of hydrogen-bond acceptors (Lipinski definition) is 10. The van der Waals surface area contributed by atoms with E-state index in [1.54, 1.807) is 13.8 Å². The number of carbonyl (C=O) groups is 2. The molecule has 0 radical (unpaired) electrons. The first-order valence-corrected chi connectivity index (χ1v) is 9.82. The van der Waals surface area contributed by atoms with Crippen LogP contribution in [0.5, 0.6) is 0 Å². The summed E-state index contributed by atoms with van der Waals surface area (Å²) in [4.78, 5) is 22.0. The summed E-state index contributed by atoms with van der Waals surface area (Å²) in [5, 5.41) is -1.42. The van der Waals surface area contributed by atoms with Gasteiger partial charge in [0.15, 0.2) is 0 Å². The molecule has 0 saturated carbocycles. The second kappa shape index (κ2) is 10.5. The van der Waals surface area contributed by atoms with Crippen LogP contribution in [-0.2, 0) is 47.7 Å². The average Bonchev–Trinajstić information content (AvgIpc) is 2.37. The highest BCUT2D eigenvalue weighted by Gasteiger charge is 2.24. The van der Waals surface area contributed by atoms with Crippen molar-refractivity contribution >= 4 is 32.2 Å². The van der Waals surface area contributed by atoms with Crippen LogP contribution in [0, 0.1) is 0 Å². The maximum atomic E-state index is 11.5. The molecule has 0 aliphatic carbocycles. The molecule has 0 N–H and O–H groups in total. The average molecular weight is 376 g/mol. The van der Waals surface area contributed by atoms with Crippen molar-refractivity contribution < 1.29 is 44.3 Å². The van der Waals surface area contributed by atoms with Gasteiger partial charge in [0, 0.05) is 0 Å². The molecule has 0 aromatic rings. The number of hydrogen-bond donors (Lipinski definition) is 0. The van der Waals surface area contributed by atoms with Gasteiger partial charge in [-0.05, 0) is 13.8 Å². The van der Waals surface area contributed by atoms with Gasteiger partial charge in [0.1, 0.15) is 0 Å². The third kappa shape index (κ3) is 11.9. The third-order valence-corrected chi connectivity index (χ3v) is 5.40. The smallest absolute Gasteiger partial charge is 0.308 e. The predicted octanol–water partition coefficient (Wildman–Crippen LogP) is -0.457. The second-order valence-electron chi connectivity index (χ2n) is 3.99. The van der Waals surface area contributed by atoms with Crippen molar-refractivity contribution in [2.24, 2.45) is 0 Å². The van der Waals surface area contributed by atoms with Gasteiger partial charge in [0.2, 0.25) is 5.08 Å². The molecule has 0 spiro atoms. The molecule has 23 heavy (non-hydrogen) atoms. The van der Waals surface area contributed by atoms with E-state index in [0.717, 1.165) is 0 Å². The molecule has 0 atom stereocenters. The SMILES string of the molecule is CCOC(=O)CCOS(=O)(=O)CS(=O)(=O)OCCC(=O)OCC. The Balaban J connectivity index is 4.25. The molecule has 12 heteroatoms. The van der Waals surface area contributed by atoms with Crippen LogP contribution in [0.4, 0.5) is 0 Å². The Labute approximate surface area is 135 Å². The maximum absolute atomic E-state index is 11.5. The largest absolute Gasteiger partial charge is 0.466 e. The van der Waals surface area contributed by atoms with Gasteiger partial charge in [-0.2, -0.15) is 16.8 Å². The van der Waals surface area contributed by atoms with E-state index >= 15 is 0 Å². The monoisotopic (exact) mass is 376 g/mol. The lowest BCUT2D eigenvalue weighted by Gasteiger charge is -2.07. The first-order chi connectivity index (χ1) is 10.6. The van der Waals surface area contributed by atoms with Gasteiger partial charge in [-0.1, -0.05) is 0 Å². The summed E-state index contributed by atoms with van der Waals surface area (Å²) < 4.78 is 63.7. The van der Waals surface area contributed by atoms with Crippen LogP contribution < -0.4 is 0 Å². The summed E-state index contributed by atoms with van der Waals surface area (Å²) in [6.45, 7) is 2.34. The van der Waals surface area contributed by atoms with Gasteiger partial charge in [0.25, 0.3) is 20.2 Å². The highest BCUT2D eigenvalue weighted by atomic mass is 32.3. The van der Waals surface area contributed by atoms with E-state index in [4.69, 9.17) is 0 Å². The fourth-order valence-corrected chi connectivity index (χ4v) is 3.85. The Hall–Kier alpha value is -1.24. The van der Waals surface area contributed by atoms with Crippen LogP contribution in [0.15, 0.2) is 0 Å². The topological polar surface area (TPSA) is 139 Å². The molecule has 0 fully saturated rings. The first-order valence-electron chi connectivity index (χ1n) is 6.67. The van der Waals surface area contributed by atoms with Gasteiger partial charge in [-0.25, -0.2) is 0 Å². The molecule has 0 aromatic heterocycles. The fourth-order valence-electron chi connectivity index (χ4n) is 1.22. The molecule has 0 aliphatic rings. The Morgan fingerprint density at radius 3 is 1.39 bits per heavy atom. The summed E-state index contributed by atoms with van der Waals surface area (Å²) in [5.74, 6) is -1.34. The van der Waals surface area contributed by atoms with Gasteiger partial charge in [-0.3, -0.25) is 18.0 Å². The van der Waals surface area contributed by atoms with Crippen LogP contribution in [0.25, 0.3) is 0 Å². The fraction of sp³-hybridized carbons (Fsp3) is 0.818. The summed E-state index contributed by atoms with van der Waals surface area (Å²) >= 11 is 0. The van der Waals surface area contributed by atoms with Crippen LogP contribution in [0.3, 0.4) is 0 Å². The second-order valence-corrected chi connectivity index (χ2v) is 7.63. The molecule has 0 aliphatic heterocycles. The zero-order valence-electron chi connectivity index (χ0n) is 12.8. The van der Waals surface area contributed by atoms with E-state index in [1.807, 2.05) is 0 Å². The summed E-state index contributed by atoms with van der Waals surface area (Å²) in [6.07, 6.45) is -0.673. The van der Waals surface area contributed by atoms with E-state index in [1.165, 1.54) is 0 Å². The summed E-state index contributed by atoms with van der Waals surface area (Å²) in [6, 6.07) is 0. The quantitative estimate of drug-likeness (QED) is 0.325. The number of ether oxygens (including phenoxy) is 2. The summed E-state index contributed by atoms with van der Waals surface area (Å²) in [5.41, 5.74) is 0. The van der Waals surface area contributed by atoms with Crippen LogP contribution in [-0.4, -0.2) is 60.3 Å². The van der Waals surface area contributed by atoms with Crippen molar-refractivity contribution in [1.82, 2.24) is 0 Å². The Morgan fingerprint density at radius 2 is 1.09 bits per heavy atom. The van der Waals surface area contributed by atoms with Gasteiger partial charge in [0.05, 0.1) is 39.3 Å². The Bertz CT molecular complexity index is 526. The lowest BCUT2D eigenvalue weighted by Crippen LogP contribution is -2.23. The standard InChI is InChI=1S/C11H20O10S2/c1-3-18-10(12)5-7-20-22(14,15)9-23(16,17)21-8-6-11(13)19-4-2/h3-9H2,1-2H3. The molecule has 0 rings (SSSR count). The maximum Gasteiger partial charge on any atom is 0.308 e. The van der Waals surface area contributed by atoms with Crippen molar-refractivity contribution in [1.29, 1.82) is 0 Å². The highest BCUT2D eigenvalue weighted by molar-refractivity contribution is 8.03. The van der Waals surface area contributed by atoms with E-state index in [9.17, 15) is 26.4 Å².